The molecule has 0 radical (unpaired) electrons. The molecule has 0 aliphatic carbocycles. The van der Waals surface area contributed by atoms with Crippen LogP contribution in [0.5, 0.6) is 0 Å². The van der Waals surface area contributed by atoms with Gasteiger partial charge in [0.2, 0.25) is 5.09 Å². The summed E-state index contributed by atoms with van der Waals surface area (Å²) in [5.74, 6) is 0.709. The molecule has 4 rings (SSSR count). The van der Waals surface area contributed by atoms with Crippen LogP contribution in [0.2, 0.25) is 0 Å². The summed E-state index contributed by atoms with van der Waals surface area (Å²) in [5.41, 5.74) is 2.00. The van der Waals surface area contributed by atoms with Crippen molar-refractivity contribution in [2.24, 2.45) is 0 Å². The quantitative estimate of drug-likeness (QED) is 0.468. The maximum Gasteiger partial charge on any atom is 0.295 e. The normalized spacial score (nSPS) is 11.6. The summed E-state index contributed by atoms with van der Waals surface area (Å²) in [6.07, 6.45) is 1.76. The number of sulfonamides is 1. The minimum atomic E-state index is -3.80. The monoisotopic (exact) mass is 396 g/mol. The standard InChI is InChI=1S/C20H16N2O3S2/c23-27(24,20-12-15-6-1-2-10-19(15)25-20)22-16-8-5-9-18(13-16)26-14-17-7-3-4-11-21-17/h1-13,22H,14H2. The minimum Gasteiger partial charge on any atom is -0.443 e. The molecule has 2 aromatic carbocycles. The fourth-order valence-corrected chi connectivity index (χ4v) is 4.48. The van der Waals surface area contributed by atoms with Crippen molar-refractivity contribution in [3.8, 4) is 0 Å². The molecule has 4 aromatic rings. The van der Waals surface area contributed by atoms with Gasteiger partial charge in [-0.2, -0.15) is 8.42 Å². The predicted molar refractivity (Wildman–Crippen MR) is 107 cm³/mol. The van der Waals surface area contributed by atoms with E-state index in [0.29, 0.717) is 17.0 Å². The van der Waals surface area contributed by atoms with E-state index in [1.165, 1.54) is 6.07 Å². The number of thioether (sulfide) groups is 1. The van der Waals surface area contributed by atoms with E-state index in [9.17, 15) is 8.42 Å². The molecule has 0 saturated carbocycles. The highest BCUT2D eigenvalue weighted by Gasteiger charge is 2.19. The van der Waals surface area contributed by atoms with Crippen LogP contribution in [0.1, 0.15) is 5.69 Å². The molecule has 2 heterocycles. The summed E-state index contributed by atoms with van der Waals surface area (Å²) in [7, 11) is -3.80. The highest BCUT2D eigenvalue weighted by molar-refractivity contribution is 7.98. The van der Waals surface area contributed by atoms with Gasteiger partial charge in [0.25, 0.3) is 10.0 Å². The summed E-state index contributed by atoms with van der Waals surface area (Å²) >= 11 is 1.59. The molecule has 0 fully saturated rings. The molecule has 5 nitrogen and oxygen atoms in total. The number of nitrogens with zero attached hydrogens (tertiary/aromatic N) is 1. The third kappa shape index (κ3) is 4.15. The van der Waals surface area contributed by atoms with Crippen LogP contribution >= 0.6 is 11.8 Å². The first-order valence-corrected chi connectivity index (χ1v) is 10.7. The van der Waals surface area contributed by atoms with Gasteiger partial charge in [0.1, 0.15) is 5.58 Å². The van der Waals surface area contributed by atoms with Crippen LogP contribution in [0, 0.1) is 0 Å². The lowest BCUT2D eigenvalue weighted by Gasteiger charge is -2.07. The van der Waals surface area contributed by atoms with E-state index in [-0.39, 0.29) is 5.09 Å². The third-order valence-corrected chi connectivity index (χ3v) is 6.13. The number of anilines is 1. The number of furan rings is 1. The van der Waals surface area contributed by atoms with Crippen molar-refractivity contribution in [2.75, 3.05) is 4.72 Å². The van der Waals surface area contributed by atoms with E-state index < -0.39 is 10.0 Å². The molecule has 1 N–H and O–H groups in total. The predicted octanol–water partition coefficient (Wildman–Crippen LogP) is 4.92. The number of para-hydroxylation sites is 1. The van der Waals surface area contributed by atoms with Crippen molar-refractivity contribution in [3.05, 3.63) is 84.7 Å². The van der Waals surface area contributed by atoms with E-state index in [1.54, 1.807) is 42.2 Å². The van der Waals surface area contributed by atoms with Gasteiger partial charge in [-0.1, -0.05) is 30.3 Å². The molecule has 7 heteroatoms. The molecule has 27 heavy (non-hydrogen) atoms. The summed E-state index contributed by atoms with van der Waals surface area (Å²) < 4.78 is 33.3. The van der Waals surface area contributed by atoms with Crippen LogP contribution in [0.15, 0.2) is 93.4 Å². The van der Waals surface area contributed by atoms with Gasteiger partial charge in [-0.25, -0.2) is 0 Å². The first-order valence-electron chi connectivity index (χ1n) is 8.24. The lowest BCUT2D eigenvalue weighted by Crippen LogP contribution is -2.12. The van der Waals surface area contributed by atoms with E-state index in [1.807, 2.05) is 42.5 Å². The summed E-state index contributed by atoms with van der Waals surface area (Å²) in [4.78, 5) is 5.24. The molecular formula is C20H16N2O3S2. The second kappa shape index (κ2) is 7.46. The number of rotatable bonds is 6. The van der Waals surface area contributed by atoms with Gasteiger partial charge in [-0.3, -0.25) is 9.71 Å². The van der Waals surface area contributed by atoms with E-state index in [2.05, 4.69) is 9.71 Å². The smallest absolute Gasteiger partial charge is 0.295 e. The minimum absolute atomic E-state index is 0.102. The van der Waals surface area contributed by atoms with E-state index >= 15 is 0 Å². The van der Waals surface area contributed by atoms with Gasteiger partial charge in [-0.15, -0.1) is 11.8 Å². The van der Waals surface area contributed by atoms with Crippen molar-refractivity contribution < 1.29 is 12.8 Å². The van der Waals surface area contributed by atoms with Gasteiger partial charge in [-0.05, 0) is 36.4 Å². The first-order chi connectivity index (χ1) is 13.1. The Labute approximate surface area is 161 Å². The molecule has 0 saturated heterocycles. The van der Waals surface area contributed by atoms with Crippen molar-refractivity contribution in [3.63, 3.8) is 0 Å². The molecule has 0 amide bonds. The zero-order chi connectivity index (χ0) is 18.7. The molecular weight excluding hydrogens is 380 g/mol. The second-order valence-corrected chi connectivity index (χ2v) is 8.51. The Balaban J connectivity index is 1.51. The number of pyridine rings is 1. The third-order valence-electron chi connectivity index (χ3n) is 3.87. The van der Waals surface area contributed by atoms with Crippen molar-refractivity contribution >= 4 is 38.4 Å². The number of hydrogen-bond acceptors (Lipinski definition) is 5. The largest absolute Gasteiger partial charge is 0.443 e. The van der Waals surface area contributed by atoms with Crippen molar-refractivity contribution in [1.82, 2.24) is 4.98 Å². The molecule has 0 spiro atoms. The topological polar surface area (TPSA) is 72.2 Å². The number of benzene rings is 2. The van der Waals surface area contributed by atoms with Crippen LogP contribution in [-0.2, 0) is 15.8 Å². The van der Waals surface area contributed by atoms with Gasteiger partial charge in [0.15, 0.2) is 0 Å². The molecule has 2 aromatic heterocycles. The molecule has 0 aliphatic rings. The Morgan fingerprint density at radius 3 is 2.63 bits per heavy atom. The molecule has 136 valence electrons. The highest BCUT2D eigenvalue weighted by atomic mass is 32.2. The highest BCUT2D eigenvalue weighted by Crippen LogP contribution is 2.27. The first kappa shape index (κ1) is 17.6. The van der Waals surface area contributed by atoms with Gasteiger partial charge >= 0.3 is 0 Å². The van der Waals surface area contributed by atoms with Crippen LogP contribution in [0.3, 0.4) is 0 Å². The lowest BCUT2D eigenvalue weighted by atomic mass is 10.3. The Morgan fingerprint density at radius 2 is 1.81 bits per heavy atom. The zero-order valence-corrected chi connectivity index (χ0v) is 15.8. The molecule has 0 atom stereocenters. The molecule has 0 bridgehead atoms. The number of fused-ring (bicyclic) bond motifs is 1. The Bertz CT molecular complexity index is 1140. The zero-order valence-electron chi connectivity index (χ0n) is 14.2. The van der Waals surface area contributed by atoms with Gasteiger partial charge in [0, 0.05) is 28.3 Å². The second-order valence-electron chi connectivity index (χ2n) is 5.85. The van der Waals surface area contributed by atoms with Crippen LogP contribution < -0.4 is 4.72 Å². The Morgan fingerprint density at radius 1 is 0.963 bits per heavy atom. The fourth-order valence-electron chi connectivity index (χ4n) is 2.59. The Kier molecular flexibility index (Phi) is 4.87. The molecule has 0 aliphatic heterocycles. The van der Waals surface area contributed by atoms with Crippen molar-refractivity contribution in [1.29, 1.82) is 0 Å². The van der Waals surface area contributed by atoms with E-state index in [4.69, 9.17) is 4.42 Å². The van der Waals surface area contributed by atoms with Gasteiger partial charge in [0.05, 0.1) is 11.4 Å². The van der Waals surface area contributed by atoms with E-state index in [0.717, 1.165) is 16.0 Å². The molecule has 0 unspecified atom stereocenters. The number of nitrogens with one attached hydrogen (secondary N) is 1. The summed E-state index contributed by atoms with van der Waals surface area (Å²) in [6.45, 7) is 0. The summed E-state index contributed by atoms with van der Waals surface area (Å²) in [6, 6.07) is 21.8. The van der Waals surface area contributed by atoms with Crippen LogP contribution in [0.4, 0.5) is 5.69 Å². The lowest BCUT2D eigenvalue weighted by molar-refractivity contribution is 0.484. The Hall–Kier alpha value is -2.77. The van der Waals surface area contributed by atoms with Crippen LogP contribution in [-0.4, -0.2) is 13.4 Å². The average Bonchev–Trinajstić information content (AvgIpc) is 3.13. The summed E-state index contributed by atoms with van der Waals surface area (Å²) in [5, 5.41) is 0.646. The number of aromatic nitrogens is 1. The SMILES string of the molecule is O=S(=O)(Nc1cccc(SCc2ccccn2)c1)c1cc2ccccc2o1. The van der Waals surface area contributed by atoms with Crippen LogP contribution in [0.25, 0.3) is 11.0 Å². The number of hydrogen-bond donors (Lipinski definition) is 1. The maximum absolute atomic E-state index is 12.6. The van der Waals surface area contributed by atoms with Crippen molar-refractivity contribution in [2.45, 2.75) is 15.7 Å². The van der Waals surface area contributed by atoms with Gasteiger partial charge < -0.3 is 4.42 Å². The average molecular weight is 396 g/mol. The fraction of sp³-hybridized carbons (Fsp3) is 0.0500. The maximum atomic E-state index is 12.6.